The first-order valence-corrected chi connectivity index (χ1v) is 11.7. The quantitative estimate of drug-likeness (QED) is 0.434. The monoisotopic (exact) mass is 489 g/mol. The zero-order chi connectivity index (χ0) is 24.5. The zero-order valence-corrected chi connectivity index (χ0v) is 20.1. The highest BCUT2D eigenvalue weighted by Crippen LogP contribution is 2.34. The van der Waals surface area contributed by atoms with Crippen LogP contribution in [0, 0.1) is 0 Å². The van der Waals surface area contributed by atoms with Crippen LogP contribution in [0.4, 0.5) is 0 Å². The lowest BCUT2D eigenvalue weighted by atomic mass is 10.0. The second kappa shape index (κ2) is 9.48. The lowest BCUT2D eigenvalue weighted by Gasteiger charge is -2.28. The van der Waals surface area contributed by atoms with Gasteiger partial charge < -0.3 is 9.40 Å². The summed E-state index contributed by atoms with van der Waals surface area (Å²) in [5.74, 6) is 0.979. The fourth-order valence-corrected chi connectivity index (χ4v) is 4.32. The summed E-state index contributed by atoms with van der Waals surface area (Å²) in [6.45, 7) is 2.11. The van der Waals surface area contributed by atoms with E-state index in [9.17, 15) is 9.59 Å². The minimum atomic E-state index is -0.530. The highest BCUT2D eigenvalue weighted by Gasteiger charge is 2.37. The second-order valence-electron chi connectivity index (χ2n) is 8.59. The molecule has 35 heavy (non-hydrogen) atoms. The van der Waals surface area contributed by atoms with Gasteiger partial charge in [0.25, 0.3) is 11.5 Å². The number of aromatic nitrogens is 2. The van der Waals surface area contributed by atoms with Crippen LogP contribution in [0.2, 0.25) is 5.02 Å². The predicted molar refractivity (Wildman–Crippen MR) is 134 cm³/mol. The Bertz CT molecular complexity index is 1450. The number of furan rings is 1. The van der Waals surface area contributed by atoms with Gasteiger partial charge in [-0.3, -0.25) is 14.5 Å². The summed E-state index contributed by atoms with van der Waals surface area (Å²) >= 11 is 6.04. The number of likely N-dealkylation sites (N-methyl/N-ethyl adjacent to an activating group) is 1. The van der Waals surface area contributed by atoms with Crippen molar-refractivity contribution in [3.05, 3.63) is 99.5 Å². The lowest BCUT2D eigenvalue weighted by molar-refractivity contribution is -0.138. The molecule has 1 aliphatic heterocycles. The molecular formula is C26H24ClN5O3. The molecular weight excluding hydrogens is 466 g/mol. The average molecular weight is 490 g/mol. The number of carbonyl (C=O) groups excluding carboxylic acids is 1. The molecule has 0 unspecified atom stereocenters. The molecule has 5 rings (SSSR count). The van der Waals surface area contributed by atoms with E-state index in [2.05, 4.69) is 15.1 Å². The van der Waals surface area contributed by atoms with Crippen molar-refractivity contribution in [2.75, 3.05) is 7.05 Å². The van der Waals surface area contributed by atoms with Crippen molar-refractivity contribution in [2.45, 2.75) is 32.0 Å². The van der Waals surface area contributed by atoms with Crippen LogP contribution in [0.25, 0.3) is 10.9 Å². The summed E-state index contributed by atoms with van der Waals surface area (Å²) in [6, 6.07) is 17.3. The number of halogens is 1. The van der Waals surface area contributed by atoms with Crippen molar-refractivity contribution >= 4 is 34.1 Å². The molecule has 9 heteroatoms. The van der Waals surface area contributed by atoms with Crippen molar-refractivity contribution < 1.29 is 9.21 Å². The smallest absolute Gasteiger partial charge is 0.260 e. The first-order chi connectivity index (χ1) is 16.9. The van der Waals surface area contributed by atoms with Gasteiger partial charge in [-0.2, -0.15) is 5.10 Å². The molecule has 8 nitrogen and oxygen atoms in total. The van der Waals surface area contributed by atoms with Gasteiger partial charge >= 0.3 is 0 Å². The molecule has 0 radical (unpaired) electrons. The first kappa shape index (κ1) is 23.0. The molecule has 3 heterocycles. The molecule has 1 N–H and O–H groups in total. The third-order valence-electron chi connectivity index (χ3n) is 6.26. The molecule has 0 bridgehead atoms. The third-order valence-corrected chi connectivity index (χ3v) is 6.52. The predicted octanol–water partition coefficient (Wildman–Crippen LogP) is 4.37. The Morgan fingerprint density at radius 1 is 1.20 bits per heavy atom. The van der Waals surface area contributed by atoms with Gasteiger partial charge in [-0.05, 0) is 55.9 Å². The topological polar surface area (TPSA) is 94.8 Å². The normalized spacial score (nSPS) is 16.6. The Balaban J connectivity index is 1.39. The van der Waals surface area contributed by atoms with E-state index in [0.29, 0.717) is 40.5 Å². The minimum Gasteiger partial charge on any atom is -0.467 e. The number of amides is 1. The Kier molecular flexibility index (Phi) is 6.23. The molecule has 0 aliphatic carbocycles. The van der Waals surface area contributed by atoms with Gasteiger partial charge in [0.15, 0.2) is 0 Å². The summed E-state index contributed by atoms with van der Waals surface area (Å²) in [5, 5.41) is 7.36. The van der Waals surface area contributed by atoms with Gasteiger partial charge in [0, 0.05) is 11.4 Å². The number of H-pyrrole nitrogens is 1. The Morgan fingerprint density at radius 3 is 2.71 bits per heavy atom. The molecule has 1 amide bonds. The number of nitrogens with zero attached hydrogens (tertiary/aromatic N) is 4. The molecule has 1 aliphatic rings. The number of benzene rings is 2. The van der Waals surface area contributed by atoms with E-state index in [4.69, 9.17) is 16.0 Å². The number of hydrazone groups is 1. The average Bonchev–Trinajstić information content (AvgIpc) is 3.54. The van der Waals surface area contributed by atoms with Gasteiger partial charge in [0.05, 0.1) is 35.5 Å². The van der Waals surface area contributed by atoms with Gasteiger partial charge in [0.1, 0.15) is 17.6 Å². The number of aromatic amines is 1. The van der Waals surface area contributed by atoms with Gasteiger partial charge in [-0.25, -0.2) is 9.99 Å². The highest BCUT2D eigenvalue weighted by molar-refractivity contribution is 6.30. The van der Waals surface area contributed by atoms with Gasteiger partial charge in [-0.15, -0.1) is 0 Å². The van der Waals surface area contributed by atoms with Gasteiger partial charge in [-0.1, -0.05) is 35.9 Å². The van der Waals surface area contributed by atoms with E-state index in [1.807, 2.05) is 43.1 Å². The number of hydrogen-bond donors (Lipinski definition) is 1. The first-order valence-electron chi connectivity index (χ1n) is 11.3. The lowest BCUT2D eigenvalue weighted by Crippen LogP contribution is -2.43. The van der Waals surface area contributed by atoms with Crippen molar-refractivity contribution in [3.63, 3.8) is 0 Å². The number of nitrogens with one attached hydrogen (secondary N) is 1. The summed E-state index contributed by atoms with van der Waals surface area (Å²) in [5.41, 5.74) is 2.10. The molecule has 2 atom stereocenters. The van der Waals surface area contributed by atoms with E-state index in [-0.39, 0.29) is 17.5 Å². The van der Waals surface area contributed by atoms with E-state index >= 15 is 0 Å². The number of fused-ring (bicyclic) bond motifs is 1. The molecule has 4 aromatic rings. The Hall–Kier alpha value is -3.75. The maximum atomic E-state index is 13.6. The summed E-state index contributed by atoms with van der Waals surface area (Å²) in [7, 11) is 1.82. The van der Waals surface area contributed by atoms with Crippen molar-refractivity contribution in [2.24, 2.45) is 5.10 Å². The minimum absolute atomic E-state index is 0.180. The molecule has 0 saturated carbocycles. The second-order valence-corrected chi connectivity index (χ2v) is 9.03. The van der Waals surface area contributed by atoms with Crippen LogP contribution in [0.5, 0.6) is 0 Å². The van der Waals surface area contributed by atoms with Crippen LogP contribution in [-0.2, 0) is 11.3 Å². The SMILES string of the molecule is C[C@@H](C(=O)N1N=C(c2ccc(Cl)cc2)C[C@H]1c1ccco1)N(C)Cc1nc2ccccc2c(=O)[nH]1. The molecule has 2 aromatic carbocycles. The largest absolute Gasteiger partial charge is 0.467 e. The van der Waals surface area contributed by atoms with E-state index in [1.54, 1.807) is 42.7 Å². The Labute approximate surface area is 206 Å². The van der Waals surface area contributed by atoms with Crippen molar-refractivity contribution in [1.82, 2.24) is 19.9 Å². The van der Waals surface area contributed by atoms with Crippen molar-refractivity contribution in [3.8, 4) is 0 Å². The standard InChI is InChI=1S/C26H24ClN5O3/c1-16(31(2)15-24-28-20-7-4-3-6-19(20)25(33)29-24)26(34)32-22(23-8-5-13-35-23)14-21(30-32)17-9-11-18(27)12-10-17/h3-13,16,22H,14-15H2,1-2H3,(H,28,29,33)/t16-,22-/m0/s1. The van der Waals surface area contributed by atoms with Crippen LogP contribution in [0.15, 0.2) is 81.2 Å². The fraction of sp³-hybridized carbons (Fsp3) is 0.231. The summed E-state index contributed by atoms with van der Waals surface area (Å²) in [6.07, 6.45) is 2.12. The van der Waals surface area contributed by atoms with Crippen LogP contribution in [-0.4, -0.2) is 44.6 Å². The Morgan fingerprint density at radius 2 is 1.97 bits per heavy atom. The number of hydrogen-bond acceptors (Lipinski definition) is 6. The summed E-state index contributed by atoms with van der Waals surface area (Å²) in [4.78, 5) is 35.3. The van der Waals surface area contributed by atoms with E-state index in [1.165, 1.54) is 5.01 Å². The molecule has 178 valence electrons. The van der Waals surface area contributed by atoms with Crippen molar-refractivity contribution in [1.29, 1.82) is 0 Å². The van der Waals surface area contributed by atoms with Crippen LogP contribution in [0.1, 0.15) is 36.5 Å². The molecule has 0 fully saturated rings. The van der Waals surface area contributed by atoms with E-state index < -0.39 is 6.04 Å². The van der Waals surface area contributed by atoms with Crippen LogP contribution < -0.4 is 5.56 Å². The number of rotatable bonds is 6. The van der Waals surface area contributed by atoms with Gasteiger partial charge in [0.2, 0.25) is 0 Å². The molecule has 2 aromatic heterocycles. The maximum absolute atomic E-state index is 13.6. The maximum Gasteiger partial charge on any atom is 0.260 e. The number of para-hydroxylation sites is 1. The van der Waals surface area contributed by atoms with E-state index in [0.717, 1.165) is 11.3 Å². The zero-order valence-electron chi connectivity index (χ0n) is 19.3. The highest BCUT2D eigenvalue weighted by atomic mass is 35.5. The third kappa shape index (κ3) is 4.62. The van der Waals surface area contributed by atoms with Crippen LogP contribution >= 0.6 is 11.6 Å². The van der Waals surface area contributed by atoms with Crippen LogP contribution in [0.3, 0.4) is 0 Å². The fourth-order valence-electron chi connectivity index (χ4n) is 4.20. The molecule has 0 spiro atoms. The number of carbonyl (C=O) groups is 1. The summed E-state index contributed by atoms with van der Waals surface area (Å²) < 4.78 is 5.64. The molecule has 0 saturated heterocycles.